The second kappa shape index (κ2) is 11.5. The van der Waals surface area contributed by atoms with Crippen molar-refractivity contribution in [2.24, 2.45) is 0 Å². The van der Waals surface area contributed by atoms with Crippen LogP contribution in [0.2, 0.25) is 0 Å². The van der Waals surface area contributed by atoms with Crippen LogP contribution in [0.1, 0.15) is 58.3 Å². The van der Waals surface area contributed by atoms with E-state index >= 15 is 0 Å². The number of unbranched alkanes of at least 4 members (excludes halogenated alkanes) is 5. The van der Waals surface area contributed by atoms with Gasteiger partial charge in [-0.2, -0.15) is 0 Å². The van der Waals surface area contributed by atoms with Crippen LogP contribution >= 0.6 is 0 Å². The number of hydrogen-bond acceptors (Lipinski definition) is 2. The minimum atomic E-state index is -0.785. The Balaban J connectivity index is 3.51. The van der Waals surface area contributed by atoms with Crippen LogP contribution in [0.5, 0.6) is 0 Å². The maximum absolute atomic E-state index is 11.6. The quantitative estimate of drug-likeness (QED) is 0.405. The molecule has 0 radical (unpaired) electrons. The summed E-state index contributed by atoms with van der Waals surface area (Å²) < 4.78 is 0.447. The van der Waals surface area contributed by atoms with Gasteiger partial charge in [0.05, 0.1) is 20.6 Å². The number of amides is 1. The predicted octanol–water partition coefficient (Wildman–Crippen LogP) is 2.40. The molecule has 0 saturated heterocycles. The van der Waals surface area contributed by atoms with Crippen LogP contribution in [0, 0.1) is 0 Å². The van der Waals surface area contributed by atoms with Gasteiger partial charge in [-0.25, -0.2) is 4.79 Å². The van der Waals surface area contributed by atoms with Gasteiger partial charge in [0.2, 0.25) is 5.91 Å². The lowest BCUT2D eigenvalue weighted by Gasteiger charge is -2.27. The molecule has 0 aromatic carbocycles. The Bertz CT molecular complexity index is 304. The van der Waals surface area contributed by atoms with Gasteiger partial charge in [-0.3, -0.25) is 4.79 Å². The number of carboxylic acid groups (broad SMARTS) is 1. The highest BCUT2D eigenvalue weighted by Gasteiger charge is 2.18. The topological polar surface area (TPSA) is 66.4 Å². The van der Waals surface area contributed by atoms with E-state index in [1.807, 2.05) is 14.1 Å². The molecule has 0 aliphatic carbocycles. The minimum absolute atomic E-state index is 0.117. The molecule has 0 fully saturated rings. The molecule has 0 heterocycles. The molecule has 0 aliphatic rings. The lowest BCUT2D eigenvalue weighted by atomic mass is 10.1. The Kier molecular flexibility index (Phi) is 10.9. The van der Waals surface area contributed by atoms with E-state index in [0.717, 1.165) is 25.8 Å². The van der Waals surface area contributed by atoms with Gasteiger partial charge in [-0.15, -0.1) is 0 Å². The normalized spacial score (nSPS) is 11.4. The van der Waals surface area contributed by atoms with E-state index in [1.54, 1.807) is 0 Å². The molecule has 0 saturated carbocycles. The Hall–Kier alpha value is -1.10. The van der Waals surface area contributed by atoms with Crippen LogP contribution in [-0.2, 0) is 9.59 Å². The first-order chi connectivity index (χ1) is 9.87. The monoisotopic (exact) mass is 301 g/mol. The van der Waals surface area contributed by atoms with E-state index < -0.39 is 5.97 Å². The number of quaternary nitrogens is 1. The lowest BCUT2D eigenvalue weighted by Crippen LogP contribution is -2.45. The molecule has 5 heteroatoms. The van der Waals surface area contributed by atoms with Crippen molar-refractivity contribution < 1.29 is 19.2 Å². The van der Waals surface area contributed by atoms with Crippen LogP contribution in [0.25, 0.3) is 0 Å². The number of likely N-dealkylation sites (N-methyl/N-ethyl adjacent to an activating group) is 1. The van der Waals surface area contributed by atoms with Gasteiger partial charge in [0, 0.05) is 19.4 Å². The van der Waals surface area contributed by atoms with E-state index in [0.29, 0.717) is 17.4 Å². The van der Waals surface area contributed by atoms with E-state index in [2.05, 4.69) is 12.2 Å². The number of aliphatic carboxylic acids is 1. The van der Waals surface area contributed by atoms with Crippen LogP contribution in [0.4, 0.5) is 0 Å². The minimum Gasteiger partial charge on any atom is -0.477 e. The summed E-state index contributed by atoms with van der Waals surface area (Å²) in [5, 5.41) is 11.7. The summed E-state index contributed by atoms with van der Waals surface area (Å²) in [6, 6.07) is 0. The lowest BCUT2D eigenvalue weighted by molar-refractivity contribution is -0.883. The van der Waals surface area contributed by atoms with Crippen molar-refractivity contribution in [3.63, 3.8) is 0 Å². The Morgan fingerprint density at radius 3 is 2.24 bits per heavy atom. The van der Waals surface area contributed by atoms with Crippen LogP contribution in [-0.4, -0.2) is 55.2 Å². The van der Waals surface area contributed by atoms with Crippen molar-refractivity contribution >= 4 is 11.9 Å². The summed E-state index contributed by atoms with van der Waals surface area (Å²) in [5.74, 6) is -0.666. The van der Waals surface area contributed by atoms with Crippen molar-refractivity contribution in [3.8, 4) is 0 Å². The SMILES string of the molecule is CCCCCCCCC(=O)NCCC[N+](C)(C)CC(=O)O. The van der Waals surface area contributed by atoms with Crippen molar-refractivity contribution in [2.75, 3.05) is 33.7 Å². The van der Waals surface area contributed by atoms with Crippen LogP contribution in [0.3, 0.4) is 0 Å². The van der Waals surface area contributed by atoms with Crippen molar-refractivity contribution in [1.29, 1.82) is 0 Å². The van der Waals surface area contributed by atoms with Gasteiger partial charge in [0.25, 0.3) is 0 Å². The van der Waals surface area contributed by atoms with Crippen molar-refractivity contribution in [1.82, 2.24) is 5.32 Å². The number of rotatable bonds is 13. The maximum atomic E-state index is 11.6. The molecule has 0 aliphatic heterocycles. The maximum Gasteiger partial charge on any atom is 0.359 e. The van der Waals surface area contributed by atoms with E-state index in [4.69, 9.17) is 5.11 Å². The third kappa shape index (κ3) is 13.6. The van der Waals surface area contributed by atoms with Gasteiger partial charge >= 0.3 is 5.97 Å². The molecule has 0 spiro atoms. The zero-order chi connectivity index (χ0) is 16.1. The highest BCUT2D eigenvalue weighted by atomic mass is 16.4. The second-order valence-corrected chi connectivity index (χ2v) is 6.43. The number of hydrogen-bond donors (Lipinski definition) is 2. The third-order valence-corrected chi connectivity index (χ3v) is 3.58. The zero-order valence-corrected chi connectivity index (χ0v) is 14.0. The van der Waals surface area contributed by atoms with Gasteiger partial charge in [-0.05, 0) is 6.42 Å². The Labute approximate surface area is 129 Å². The average molecular weight is 301 g/mol. The molecule has 5 nitrogen and oxygen atoms in total. The fourth-order valence-electron chi connectivity index (χ4n) is 2.33. The molecule has 1 amide bonds. The summed E-state index contributed by atoms with van der Waals surface area (Å²) >= 11 is 0. The number of nitrogens with zero attached hydrogens (tertiary/aromatic N) is 1. The smallest absolute Gasteiger partial charge is 0.359 e. The summed E-state index contributed by atoms with van der Waals surface area (Å²) in [4.78, 5) is 22.3. The summed E-state index contributed by atoms with van der Waals surface area (Å²) in [5.41, 5.74) is 0. The molecule has 0 bridgehead atoms. The fraction of sp³-hybridized carbons (Fsp3) is 0.875. The van der Waals surface area contributed by atoms with Gasteiger partial charge in [0.15, 0.2) is 6.54 Å². The highest BCUT2D eigenvalue weighted by Crippen LogP contribution is 2.06. The first-order valence-corrected chi connectivity index (χ1v) is 8.18. The number of nitrogens with one attached hydrogen (secondary N) is 1. The van der Waals surface area contributed by atoms with Crippen LogP contribution < -0.4 is 5.32 Å². The summed E-state index contributed by atoms with van der Waals surface area (Å²) in [7, 11) is 3.79. The predicted molar refractivity (Wildman–Crippen MR) is 85.1 cm³/mol. The molecule has 0 aromatic rings. The molecular formula is C16H33N2O3+. The van der Waals surface area contributed by atoms with Gasteiger partial charge in [0.1, 0.15) is 0 Å². The number of carboxylic acids is 1. The zero-order valence-electron chi connectivity index (χ0n) is 14.0. The molecule has 124 valence electrons. The Morgan fingerprint density at radius 1 is 1.00 bits per heavy atom. The number of carbonyl (C=O) groups excluding carboxylic acids is 1. The first-order valence-electron chi connectivity index (χ1n) is 8.18. The van der Waals surface area contributed by atoms with Crippen LogP contribution in [0.15, 0.2) is 0 Å². The van der Waals surface area contributed by atoms with Gasteiger partial charge in [-0.1, -0.05) is 39.0 Å². The second-order valence-electron chi connectivity index (χ2n) is 6.43. The molecule has 0 rings (SSSR count). The largest absolute Gasteiger partial charge is 0.477 e. The number of carbonyl (C=O) groups is 2. The third-order valence-electron chi connectivity index (χ3n) is 3.58. The van der Waals surface area contributed by atoms with E-state index in [1.165, 1.54) is 25.7 Å². The molecule has 0 unspecified atom stereocenters. The first kappa shape index (κ1) is 19.9. The standard InChI is InChI=1S/C16H32N2O3/c1-4-5-6-7-8-9-11-15(19)17-12-10-13-18(2,3)14-16(20)21/h4-14H2,1-3H3,(H-,17,19,20,21)/p+1. The van der Waals surface area contributed by atoms with Crippen molar-refractivity contribution in [3.05, 3.63) is 0 Å². The molecule has 0 aromatic heterocycles. The van der Waals surface area contributed by atoms with E-state index in [9.17, 15) is 9.59 Å². The fourth-order valence-corrected chi connectivity index (χ4v) is 2.33. The Morgan fingerprint density at radius 2 is 1.62 bits per heavy atom. The van der Waals surface area contributed by atoms with Crippen molar-refractivity contribution in [2.45, 2.75) is 58.3 Å². The van der Waals surface area contributed by atoms with E-state index in [-0.39, 0.29) is 12.5 Å². The average Bonchev–Trinajstić information content (AvgIpc) is 2.37. The molecule has 21 heavy (non-hydrogen) atoms. The molecular weight excluding hydrogens is 268 g/mol. The highest BCUT2D eigenvalue weighted by molar-refractivity contribution is 5.75. The van der Waals surface area contributed by atoms with Gasteiger partial charge < -0.3 is 14.9 Å². The summed E-state index contributed by atoms with van der Waals surface area (Å²) in [6.45, 7) is 3.70. The molecule has 2 N–H and O–H groups in total. The summed E-state index contributed by atoms with van der Waals surface area (Å²) in [6.07, 6.45) is 8.55. The molecule has 0 atom stereocenters.